The fraction of sp³-hybridized carbons (Fsp3) is 0.742. The molecule has 0 aromatic carbocycles. The quantitative estimate of drug-likeness (QED) is 0.331. The van der Waals surface area contributed by atoms with Crippen LogP contribution in [0.2, 0.25) is 0 Å². The van der Waals surface area contributed by atoms with Crippen LogP contribution < -0.4 is 0 Å². The number of hydrogen-bond acceptors (Lipinski definition) is 4. The Labute approximate surface area is 213 Å². The Bertz CT molecular complexity index is 850. The van der Waals surface area contributed by atoms with Gasteiger partial charge in [-0.2, -0.15) is 0 Å². The third kappa shape index (κ3) is 6.89. The summed E-state index contributed by atoms with van der Waals surface area (Å²) in [6.07, 6.45) is 15.3. The van der Waals surface area contributed by atoms with E-state index in [4.69, 9.17) is 9.47 Å². The molecule has 0 bridgehead atoms. The molecule has 0 aromatic heterocycles. The van der Waals surface area contributed by atoms with Crippen LogP contribution in [0.25, 0.3) is 0 Å². The first-order chi connectivity index (χ1) is 16.5. The first-order valence-corrected chi connectivity index (χ1v) is 13.9. The summed E-state index contributed by atoms with van der Waals surface area (Å²) in [5.41, 5.74) is 3.83. The van der Waals surface area contributed by atoms with Gasteiger partial charge in [0, 0.05) is 26.7 Å². The number of ether oxygens (including phenoxy) is 2. The Morgan fingerprint density at radius 3 is 2.46 bits per heavy atom. The highest BCUT2D eigenvalue weighted by molar-refractivity contribution is 5.67. The van der Waals surface area contributed by atoms with Gasteiger partial charge >= 0.3 is 11.9 Å². The molecule has 196 valence electrons. The van der Waals surface area contributed by atoms with Gasteiger partial charge in [0.2, 0.25) is 0 Å². The van der Waals surface area contributed by atoms with Gasteiger partial charge in [0.1, 0.15) is 12.2 Å². The van der Waals surface area contributed by atoms with Gasteiger partial charge in [0.15, 0.2) is 0 Å². The highest BCUT2D eigenvalue weighted by Crippen LogP contribution is 2.60. The molecule has 0 spiro atoms. The number of hydrogen-bond donors (Lipinski definition) is 0. The lowest BCUT2D eigenvalue weighted by molar-refractivity contribution is -0.152. The first kappa shape index (κ1) is 27.7. The van der Waals surface area contributed by atoms with Crippen molar-refractivity contribution in [2.24, 2.45) is 29.1 Å². The minimum atomic E-state index is -0.436. The van der Waals surface area contributed by atoms with Crippen molar-refractivity contribution in [2.75, 3.05) is 0 Å². The van der Waals surface area contributed by atoms with E-state index in [9.17, 15) is 9.59 Å². The molecule has 3 saturated carbocycles. The second kappa shape index (κ2) is 11.9. The Kier molecular flexibility index (Phi) is 9.46. The Balaban J connectivity index is 1.76. The van der Waals surface area contributed by atoms with Gasteiger partial charge in [-0.25, -0.2) is 0 Å². The van der Waals surface area contributed by atoms with Crippen molar-refractivity contribution >= 4 is 11.9 Å². The topological polar surface area (TPSA) is 52.6 Å². The smallest absolute Gasteiger partial charge is 0.303 e. The van der Waals surface area contributed by atoms with Crippen LogP contribution in [-0.4, -0.2) is 24.1 Å². The fourth-order valence-corrected chi connectivity index (χ4v) is 7.34. The number of fused-ring (bicyclic) bond motifs is 1. The first-order valence-electron chi connectivity index (χ1n) is 13.9. The van der Waals surface area contributed by atoms with Gasteiger partial charge in [0.05, 0.1) is 0 Å². The van der Waals surface area contributed by atoms with Crippen LogP contribution in [0.4, 0.5) is 0 Å². The van der Waals surface area contributed by atoms with E-state index in [0.717, 1.165) is 35.3 Å². The fourth-order valence-electron chi connectivity index (χ4n) is 7.34. The van der Waals surface area contributed by atoms with Crippen LogP contribution in [0.15, 0.2) is 35.5 Å². The summed E-state index contributed by atoms with van der Waals surface area (Å²) in [7, 11) is 0. The lowest BCUT2D eigenvalue weighted by Gasteiger charge is -2.44. The Morgan fingerprint density at radius 2 is 1.80 bits per heavy atom. The maximum Gasteiger partial charge on any atom is 0.303 e. The van der Waals surface area contributed by atoms with Crippen molar-refractivity contribution in [1.82, 2.24) is 0 Å². The highest BCUT2D eigenvalue weighted by Gasteiger charge is 2.50. The van der Waals surface area contributed by atoms with Crippen molar-refractivity contribution in [3.05, 3.63) is 35.5 Å². The predicted octanol–water partition coefficient (Wildman–Crippen LogP) is 7.73. The summed E-state index contributed by atoms with van der Waals surface area (Å²) < 4.78 is 11.0. The second-order valence-corrected chi connectivity index (χ2v) is 12.1. The molecule has 3 aliphatic carbocycles. The molecule has 0 aliphatic heterocycles. The van der Waals surface area contributed by atoms with Crippen LogP contribution in [0.5, 0.6) is 0 Å². The highest BCUT2D eigenvalue weighted by atomic mass is 16.6. The van der Waals surface area contributed by atoms with Gasteiger partial charge < -0.3 is 9.47 Å². The summed E-state index contributed by atoms with van der Waals surface area (Å²) in [6, 6.07) is 0. The number of rotatable bonds is 8. The predicted molar refractivity (Wildman–Crippen MR) is 142 cm³/mol. The van der Waals surface area contributed by atoms with E-state index in [1.165, 1.54) is 58.8 Å². The molecule has 35 heavy (non-hydrogen) atoms. The number of carbonyl (C=O) groups is 2. The van der Waals surface area contributed by atoms with Crippen molar-refractivity contribution < 1.29 is 19.1 Å². The molecule has 6 atom stereocenters. The maximum absolute atomic E-state index is 11.6. The monoisotopic (exact) mass is 484 g/mol. The summed E-state index contributed by atoms with van der Waals surface area (Å²) in [4.78, 5) is 23.2. The van der Waals surface area contributed by atoms with E-state index < -0.39 is 6.10 Å². The van der Waals surface area contributed by atoms with Crippen molar-refractivity contribution in [2.45, 2.75) is 118 Å². The van der Waals surface area contributed by atoms with Crippen LogP contribution in [0.3, 0.4) is 0 Å². The molecule has 0 saturated heterocycles. The average molecular weight is 485 g/mol. The van der Waals surface area contributed by atoms with Crippen LogP contribution >= 0.6 is 0 Å². The molecule has 0 heterocycles. The van der Waals surface area contributed by atoms with Crippen LogP contribution in [0, 0.1) is 29.1 Å². The van der Waals surface area contributed by atoms with E-state index in [-0.39, 0.29) is 18.0 Å². The average Bonchev–Trinajstić information content (AvgIpc) is 3.11. The lowest BCUT2D eigenvalue weighted by atomic mass is 9.60. The van der Waals surface area contributed by atoms with Crippen molar-refractivity contribution in [3.63, 3.8) is 0 Å². The summed E-state index contributed by atoms with van der Waals surface area (Å²) in [5.74, 6) is 2.40. The van der Waals surface area contributed by atoms with Gasteiger partial charge in [-0.1, -0.05) is 71.3 Å². The van der Waals surface area contributed by atoms with E-state index in [1.807, 2.05) is 0 Å². The third-order valence-corrected chi connectivity index (χ3v) is 9.03. The van der Waals surface area contributed by atoms with Crippen molar-refractivity contribution in [3.8, 4) is 0 Å². The van der Waals surface area contributed by atoms with E-state index in [2.05, 4.69) is 46.4 Å². The van der Waals surface area contributed by atoms with Gasteiger partial charge in [0.25, 0.3) is 0 Å². The molecule has 3 aliphatic rings. The normalized spacial score (nSPS) is 34.2. The largest absolute Gasteiger partial charge is 0.462 e. The molecule has 3 rings (SSSR count). The minimum absolute atomic E-state index is 0.286. The second-order valence-electron chi connectivity index (χ2n) is 12.1. The molecule has 0 radical (unpaired) electrons. The summed E-state index contributed by atoms with van der Waals surface area (Å²) in [5, 5.41) is 0. The maximum atomic E-state index is 11.6. The Morgan fingerprint density at radius 1 is 1.09 bits per heavy atom. The molecule has 0 amide bonds. The molecule has 0 N–H and O–H groups in total. The standard InChI is InChI=1S/C31H48O4/c1-20(2)10-8-11-21(3)28-15-16-29-25(12-9-17-31(28,29)7)13-14-26-18-27(34-23(5)32)19-30(22(26)4)35-24(6)33/h13-14,20-21,27-30H,4,8-12,15-19H2,1-3,5-7H3/t21-,27-,28-,29?,30+,31-/m1/s1. The van der Waals surface area contributed by atoms with Crippen LogP contribution in [0.1, 0.15) is 106 Å². The zero-order valence-corrected chi connectivity index (χ0v) is 23.0. The van der Waals surface area contributed by atoms with Crippen LogP contribution in [-0.2, 0) is 19.1 Å². The van der Waals surface area contributed by atoms with Gasteiger partial charge in [-0.05, 0) is 72.3 Å². The zero-order chi connectivity index (χ0) is 25.8. The SMILES string of the molecule is C=C1C(=CC=C2CCC[C@@]3(C)C2CC[C@@H]3[C@H](C)CCCC(C)C)C[C@@H](OC(C)=O)C[C@@H]1OC(C)=O. The molecule has 4 heteroatoms. The van der Waals surface area contributed by atoms with Crippen molar-refractivity contribution in [1.29, 1.82) is 0 Å². The molecule has 4 nitrogen and oxygen atoms in total. The van der Waals surface area contributed by atoms with E-state index >= 15 is 0 Å². The zero-order valence-electron chi connectivity index (χ0n) is 23.0. The number of esters is 2. The van der Waals surface area contributed by atoms with Gasteiger partial charge in [-0.15, -0.1) is 0 Å². The molecule has 1 unspecified atom stereocenters. The number of allylic oxidation sites excluding steroid dienone is 3. The molecular formula is C31H48O4. The molecular weight excluding hydrogens is 436 g/mol. The lowest BCUT2D eigenvalue weighted by Crippen LogP contribution is -2.36. The Hall–Kier alpha value is -1.84. The van der Waals surface area contributed by atoms with E-state index in [1.54, 1.807) is 5.57 Å². The number of carbonyl (C=O) groups excluding carboxylic acids is 2. The van der Waals surface area contributed by atoms with Gasteiger partial charge in [-0.3, -0.25) is 9.59 Å². The van der Waals surface area contributed by atoms with E-state index in [0.29, 0.717) is 24.2 Å². The molecule has 0 aromatic rings. The third-order valence-electron chi connectivity index (χ3n) is 9.03. The summed E-state index contributed by atoms with van der Waals surface area (Å²) >= 11 is 0. The molecule has 3 fully saturated rings. The summed E-state index contributed by atoms with van der Waals surface area (Å²) in [6.45, 7) is 16.8. The minimum Gasteiger partial charge on any atom is -0.462 e.